The van der Waals surface area contributed by atoms with E-state index in [1.54, 1.807) is 11.3 Å². The molecule has 10 heteroatoms. The minimum Gasteiger partial charge on any atom is -0.373 e. The van der Waals surface area contributed by atoms with Crippen LogP contribution in [0.1, 0.15) is 25.6 Å². The van der Waals surface area contributed by atoms with Gasteiger partial charge in [-0.05, 0) is 38.6 Å². The summed E-state index contributed by atoms with van der Waals surface area (Å²) in [6, 6.07) is 4.18. The molecule has 7 nitrogen and oxygen atoms in total. The van der Waals surface area contributed by atoms with Crippen LogP contribution in [0.15, 0.2) is 22.5 Å². The normalized spacial score (nSPS) is 21.2. The van der Waals surface area contributed by atoms with Crippen molar-refractivity contribution in [2.24, 2.45) is 4.99 Å². The predicted octanol–water partition coefficient (Wildman–Crippen LogP) is 2.24. The van der Waals surface area contributed by atoms with Gasteiger partial charge in [0.2, 0.25) is 10.0 Å². The number of likely N-dealkylation sites (N-methyl/N-ethyl adjacent to an activating group) is 1. The first kappa shape index (κ1) is 25.6. The fourth-order valence-electron chi connectivity index (χ4n) is 3.06. The van der Waals surface area contributed by atoms with Crippen LogP contribution in [0, 0.1) is 0 Å². The van der Waals surface area contributed by atoms with Crippen LogP contribution in [0.3, 0.4) is 0 Å². The van der Waals surface area contributed by atoms with E-state index < -0.39 is 10.0 Å². The summed E-state index contributed by atoms with van der Waals surface area (Å²) in [6.07, 6.45) is 0.793. The van der Waals surface area contributed by atoms with Crippen LogP contribution in [-0.4, -0.2) is 81.3 Å². The number of ether oxygens (including phenoxy) is 1. The first-order valence-electron chi connectivity index (χ1n) is 9.47. The molecule has 0 aromatic carbocycles. The molecule has 1 aromatic rings. The topological polar surface area (TPSA) is 74.2 Å². The van der Waals surface area contributed by atoms with E-state index in [2.05, 4.69) is 32.7 Å². The summed E-state index contributed by atoms with van der Waals surface area (Å²) in [5.41, 5.74) is 0. The number of hydrogen-bond acceptors (Lipinski definition) is 5. The van der Waals surface area contributed by atoms with Crippen molar-refractivity contribution in [2.75, 3.05) is 45.5 Å². The Morgan fingerprint density at radius 2 is 2.07 bits per heavy atom. The Labute approximate surface area is 190 Å². The van der Waals surface area contributed by atoms with E-state index >= 15 is 0 Å². The number of thiophene rings is 1. The van der Waals surface area contributed by atoms with E-state index in [0.717, 1.165) is 25.5 Å². The van der Waals surface area contributed by atoms with Crippen molar-refractivity contribution >= 4 is 51.3 Å². The molecule has 1 aliphatic rings. The van der Waals surface area contributed by atoms with Gasteiger partial charge in [0, 0.05) is 38.1 Å². The summed E-state index contributed by atoms with van der Waals surface area (Å²) in [5.74, 6) is 0.757. The molecular formula is C18H33IN4O3S2. The van der Waals surface area contributed by atoms with Crippen LogP contribution < -0.4 is 5.32 Å². The summed E-state index contributed by atoms with van der Waals surface area (Å²) >= 11 is 1.75. The molecule has 28 heavy (non-hydrogen) atoms. The quantitative estimate of drug-likeness (QED) is 0.309. The fraction of sp³-hybridized carbons (Fsp3) is 0.722. The van der Waals surface area contributed by atoms with Crippen molar-refractivity contribution in [1.82, 2.24) is 14.5 Å². The highest BCUT2D eigenvalue weighted by Gasteiger charge is 2.30. The van der Waals surface area contributed by atoms with Gasteiger partial charge in [0.15, 0.2) is 5.96 Å². The Hall–Kier alpha value is -0.430. The lowest BCUT2D eigenvalue weighted by Crippen LogP contribution is -2.49. The van der Waals surface area contributed by atoms with E-state index in [1.165, 1.54) is 9.18 Å². The Morgan fingerprint density at radius 1 is 1.39 bits per heavy atom. The van der Waals surface area contributed by atoms with Crippen LogP contribution >= 0.6 is 35.3 Å². The van der Waals surface area contributed by atoms with E-state index in [-0.39, 0.29) is 48.5 Å². The molecule has 1 saturated heterocycles. The van der Waals surface area contributed by atoms with Gasteiger partial charge in [0.1, 0.15) is 0 Å². The average molecular weight is 545 g/mol. The zero-order chi connectivity index (χ0) is 19.9. The van der Waals surface area contributed by atoms with Crippen LogP contribution in [0.25, 0.3) is 0 Å². The lowest BCUT2D eigenvalue weighted by atomic mass is 10.3. The van der Waals surface area contributed by atoms with Crippen molar-refractivity contribution in [1.29, 1.82) is 0 Å². The lowest BCUT2D eigenvalue weighted by Gasteiger charge is -2.34. The monoisotopic (exact) mass is 544 g/mol. The Balaban J connectivity index is 0.00000392. The molecule has 2 rings (SSSR count). The molecule has 0 bridgehead atoms. The minimum absolute atomic E-state index is 0. The number of sulfonamides is 1. The molecule has 0 saturated carbocycles. The van der Waals surface area contributed by atoms with Gasteiger partial charge in [-0.1, -0.05) is 6.07 Å². The molecule has 2 atom stereocenters. The van der Waals surface area contributed by atoms with Gasteiger partial charge in [-0.2, -0.15) is 4.31 Å². The Bertz CT molecular complexity index is 688. The number of rotatable bonds is 8. The average Bonchev–Trinajstić information content (AvgIpc) is 3.11. The van der Waals surface area contributed by atoms with Gasteiger partial charge < -0.3 is 15.0 Å². The van der Waals surface area contributed by atoms with Crippen molar-refractivity contribution in [3.8, 4) is 0 Å². The maximum Gasteiger partial charge on any atom is 0.216 e. The first-order chi connectivity index (χ1) is 12.8. The second-order valence-electron chi connectivity index (χ2n) is 6.88. The highest BCUT2D eigenvalue weighted by atomic mass is 127. The fourth-order valence-corrected chi connectivity index (χ4v) is 5.21. The molecule has 1 aromatic heterocycles. The van der Waals surface area contributed by atoms with Gasteiger partial charge >= 0.3 is 0 Å². The molecular weight excluding hydrogens is 511 g/mol. The number of halogens is 1. The van der Waals surface area contributed by atoms with Crippen molar-refractivity contribution in [3.63, 3.8) is 0 Å². The van der Waals surface area contributed by atoms with Gasteiger partial charge in [-0.15, -0.1) is 35.3 Å². The predicted molar refractivity (Wildman–Crippen MR) is 127 cm³/mol. The Kier molecular flexibility index (Phi) is 11.3. The maximum absolute atomic E-state index is 12.6. The zero-order valence-corrected chi connectivity index (χ0v) is 21.1. The number of nitrogens with zero attached hydrogens (tertiary/aromatic N) is 3. The van der Waals surface area contributed by atoms with Gasteiger partial charge in [0.25, 0.3) is 0 Å². The van der Waals surface area contributed by atoms with Gasteiger partial charge in [0.05, 0.1) is 24.5 Å². The van der Waals surface area contributed by atoms with Crippen LogP contribution in [0.2, 0.25) is 0 Å². The molecule has 2 unspecified atom stereocenters. The molecule has 0 aliphatic carbocycles. The highest BCUT2D eigenvalue weighted by molar-refractivity contribution is 14.0. The summed E-state index contributed by atoms with van der Waals surface area (Å²) in [4.78, 5) is 7.91. The smallest absolute Gasteiger partial charge is 0.216 e. The molecule has 1 aliphatic heterocycles. The largest absolute Gasteiger partial charge is 0.373 e. The van der Waals surface area contributed by atoms with Crippen molar-refractivity contribution < 1.29 is 13.2 Å². The maximum atomic E-state index is 12.6. The molecule has 0 spiro atoms. The summed E-state index contributed by atoms with van der Waals surface area (Å²) in [5, 5.41) is 5.32. The first-order valence-corrected chi connectivity index (χ1v) is 12.0. The second kappa shape index (κ2) is 12.3. The highest BCUT2D eigenvalue weighted by Crippen LogP contribution is 2.15. The summed E-state index contributed by atoms with van der Waals surface area (Å²) in [6.45, 7) is 8.47. The van der Waals surface area contributed by atoms with Crippen LogP contribution in [0.5, 0.6) is 0 Å². The second-order valence-corrected chi connectivity index (χ2v) is 10.00. The van der Waals surface area contributed by atoms with Gasteiger partial charge in [-0.3, -0.25) is 4.99 Å². The van der Waals surface area contributed by atoms with E-state index in [4.69, 9.17) is 4.74 Å². The molecule has 0 radical (unpaired) electrons. The summed E-state index contributed by atoms with van der Waals surface area (Å²) in [7, 11) is -1.35. The van der Waals surface area contributed by atoms with Crippen LogP contribution in [-0.2, 0) is 21.2 Å². The number of nitrogens with one attached hydrogen (secondary N) is 1. The molecule has 1 fully saturated rings. The molecule has 1 N–H and O–H groups in total. The molecule has 2 heterocycles. The third kappa shape index (κ3) is 8.13. The third-order valence-electron chi connectivity index (χ3n) is 4.36. The number of morpholine rings is 1. The van der Waals surface area contributed by atoms with Gasteiger partial charge in [-0.25, -0.2) is 8.42 Å². The summed E-state index contributed by atoms with van der Waals surface area (Å²) < 4.78 is 32.4. The lowest BCUT2D eigenvalue weighted by molar-refractivity contribution is -0.0440. The van der Waals surface area contributed by atoms with E-state index in [0.29, 0.717) is 13.1 Å². The molecule has 162 valence electrons. The number of guanidine groups is 1. The molecule has 0 amide bonds. The zero-order valence-electron chi connectivity index (χ0n) is 17.1. The van der Waals surface area contributed by atoms with Crippen molar-refractivity contribution in [2.45, 2.75) is 39.4 Å². The Morgan fingerprint density at radius 3 is 2.64 bits per heavy atom. The SMILES string of the molecule is CCNC(=NCCS(=O)(=O)N1CC(C)OC(C)C1)N(C)CCc1cccs1.I. The standard InChI is InChI=1S/C18H32N4O3S2.HI/c1-5-19-18(21(4)10-8-17-7-6-11-26-17)20-9-12-27(23,24)22-13-15(2)25-16(3)14-22;/h6-7,11,15-16H,5,8-10,12-14H2,1-4H3,(H,19,20);1H. The van der Waals surface area contributed by atoms with Crippen molar-refractivity contribution in [3.05, 3.63) is 22.4 Å². The minimum atomic E-state index is -3.33. The third-order valence-corrected chi connectivity index (χ3v) is 7.08. The van der Waals surface area contributed by atoms with E-state index in [1.807, 2.05) is 27.8 Å². The number of aliphatic imine (C=N–C) groups is 1. The van der Waals surface area contributed by atoms with E-state index in [9.17, 15) is 8.42 Å². The van der Waals surface area contributed by atoms with Crippen LogP contribution in [0.4, 0.5) is 0 Å². The number of hydrogen-bond donors (Lipinski definition) is 1.